The van der Waals surface area contributed by atoms with Crippen LogP contribution in [0.3, 0.4) is 0 Å². The smallest absolute Gasteiger partial charge is 0.410 e. The van der Waals surface area contributed by atoms with Gasteiger partial charge in [0.15, 0.2) is 0 Å². The number of halogens is 2. The maximum Gasteiger partial charge on any atom is 0.410 e. The molecule has 5 rings (SSSR count). The molecule has 1 aliphatic carbocycles. The van der Waals surface area contributed by atoms with Crippen molar-refractivity contribution in [1.29, 1.82) is 0 Å². The maximum absolute atomic E-state index is 14.5. The highest BCUT2D eigenvalue weighted by molar-refractivity contribution is 6.33. The number of benzene rings is 1. The lowest BCUT2D eigenvalue weighted by Crippen LogP contribution is -2.53. The van der Waals surface area contributed by atoms with E-state index in [1.807, 2.05) is 26.8 Å². The zero-order valence-corrected chi connectivity index (χ0v) is 24.2. The highest BCUT2D eigenvalue weighted by Gasteiger charge is 2.34. The molecule has 1 aromatic carbocycles. The van der Waals surface area contributed by atoms with Crippen LogP contribution < -0.4 is 10.6 Å². The number of piperidine rings is 1. The lowest BCUT2D eigenvalue weighted by molar-refractivity contribution is -0.0101. The third kappa shape index (κ3) is 6.97. The summed E-state index contributed by atoms with van der Waals surface area (Å²) < 4.78 is 27.4. The second-order valence-electron chi connectivity index (χ2n) is 11.4. The fourth-order valence-electron chi connectivity index (χ4n) is 4.70. The van der Waals surface area contributed by atoms with Gasteiger partial charge in [-0.3, -0.25) is 9.78 Å². The van der Waals surface area contributed by atoms with Crippen LogP contribution in [0.1, 0.15) is 50.4 Å². The molecule has 41 heavy (non-hydrogen) atoms. The SMILES string of the molecule is CO[C@@H]1CN(C(=O)OC(C)(C)C)CC[C@@H]1Nc1cncc(-n2cc(-c3cc(C(=O)NC4CC4)c(F)cc3Cl)cn2)c1. The molecular formula is C29H34ClFN6O4. The molecule has 2 amide bonds. The number of methoxy groups -OCH3 is 1. The van der Waals surface area contributed by atoms with Gasteiger partial charge in [-0.1, -0.05) is 11.6 Å². The summed E-state index contributed by atoms with van der Waals surface area (Å²) in [4.78, 5) is 31.1. The van der Waals surface area contributed by atoms with Gasteiger partial charge in [0.05, 0.1) is 59.2 Å². The molecule has 2 N–H and O–H groups in total. The van der Waals surface area contributed by atoms with Gasteiger partial charge < -0.3 is 25.0 Å². The lowest BCUT2D eigenvalue weighted by Gasteiger charge is -2.38. The minimum atomic E-state index is -0.668. The van der Waals surface area contributed by atoms with Crippen molar-refractivity contribution in [2.24, 2.45) is 0 Å². The molecule has 2 aliphatic rings. The van der Waals surface area contributed by atoms with Gasteiger partial charge in [-0.15, -0.1) is 0 Å². The van der Waals surface area contributed by atoms with Gasteiger partial charge in [0.1, 0.15) is 11.4 Å². The van der Waals surface area contributed by atoms with Crippen LogP contribution >= 0.6 is 11.6 Å². The Kier molecular flexibility index (Phi) is 8.19. The summed E-state index contributed by atoms with van der Waals surface area (Å²) in [6, 6.07) is 4.57. The molecular weight excluding hydrogens is 551 g/mol. The summed E-state index contributed by atoms with van der Waals surface area (Å²) in [6.07, 6.45) is 8.60. The lowest BCUT2D eigenvalue weighted by atomic mass is 10.0. The summed E-state index contributed by atoms with van der Waals surface area (Å²) in [5.41, 5.74) is 1.96. The van der Waals surface area contributed by atoms with Crippen molar-refractivity contribution in [2.45, 2.75) is 63.8 Å². The van der Waals surface area contributed by atoms with Crippen molar-refractivity contribution in [3.8, 4) is 16.8 Å². The number of nitrogens with zero attached hydrogens (tertiary/aromatic N) is 4. The molecule has 1 saturated carbocycles. The van der Waals surface area contributed by atoms with Crippen LogP contribution in [0, 0.1) is 5.82 Å². The molecule has 2 atom stereocenters. The first-order valence-electron chi connectivity index (χ1n) is 13.6. The molecule has 3 aromatic rings. The number of aromatic nitrogens is 3. The number of hydrogen-bond acceptors (Lipinski definition) is 7. The molecule has 2 aromatic heterocycles. The minimum absolute atomic E-state index is 0.0534. The second kappa shape index (κ2) is 11.7. The number of rotatable bonds is 7. The molecule has 0 unspecified atom stereocenters. The molecule has 2 fully saturated rings. The maximum atomic E-state index is 14.5. The number of nitrogens with one attached hydrogen (secondary N) is 2. The summed E-state index contributed by atoms with van der Waals surface area (Å²) in [7, 11) is 1.62. The van der Waals surface area contributed by atoms with Crippen LogP contribution in [0.25, 0.3) is 16.8 Å². The second-order valence-corrected chi connectivity index (χ2v) is 11.8. The molecule has 12 heteroatoms. The van der Waals surface area contributed by atoms with Crippen LogP contribution in [0.2, 0.25) is 5.02 Å². The van der Waals surface area contributed by atoms with E-state index in [0.29, 0.717) is 36.3 Å². The van der Waals surface area contributed by atoms with E-state index in [2.05, 4.69) is 20.7 Å². The summed E-state index contributed by atoms with van der Waals surface area (Å²) in [6.45, 7) is 6.46. The third-order valence-electron chi connectivity index (χ3n) is 6.96. The van der Waals surface area contributed by atoms with Gasteiger partial charge in [-0.25, -0.2) is 13.9 Å². The average Bonchev–Trinajstić information content (AvgIpc) is 3.59. The van der Waals surface area contributed by atoms with E-state index in [4.69, 9.17) is 21.1 Å². The van der Waals surface area contributed by atoms with E-state index in [0.717, 1.165) is 24.6 Å². The van der Waals surface area contributed by atoms with Gasteiger partial charge in [0.25, 0.3) is 5.91 Å². The number of carbonyl (C=O) groups is 2. The standard InChI is InChI=1S/C29H34ClFN6O4/c1-29(2,3)41-28(39)36-8-7-25(26(16-36)40-4)34-19-9-20(14-32-13-19)37-15-17(12-33-37)21-10-22(24(31)11-23(21)30)27(38)35-18-5-6-18/h9-15,18,25-26,34H,5-8,16H2,1-4H3,(H,35,38)/t25-,26+/m0/s1. The zero-order chi connectivity index (χ0) is 29.3. The molecule has 0 spiro atoms. The van der Waals surface area contributed by atoms with Crippen LogP contribution in [0.4, 0.5) is 14.9 Å². The van der Waals surface area contributed by atoms with Gasteiger partial charge in [-0.05, 0) is 58.2 Å². The molecule has 218 valence electrons. The number of anilines is 1. The van der Waals surface area contributed by atoms with Gasteiger partial charge in [0, 0.05) is 37.0 Å². The number of ether oxygens (including phenoxy) is 2. The van der Waals surface area contributed by atoms with E-state index in [-0.39, 0.29) is 34.9 Å². The third-order valence-corrected chi connectivity index (χ3v) is 7.27. The predicted molar refractivity (Wildman–Crippen MR) is 153 cm³/mol. The van der Waals surface area contributed by atoms with Crippen LogP contribution in [0.5, 0.6) is 0 Å². The number of carbonyl (C=O) groups excluding carboxylic acids is 2. The summed E-state index contributed by atoms with van der Waals surface area (Å²) >= 11 is 6.36. The van der Waals surface area contributed by atoms with Crippen molar-refractivity contribution in [3.63, 3.8) is 0 Å². The molecule has 0 radical (unpaired) electrons. The average molecular weight is 585 g/mol. The van der Waals surface area contributed by atoms with Crippen molar-refractivity contribution >= 4 is 29.3 Å². The van der Waals surface area contributed by atoms with Crippen LogP contribution in [0.15, 0.2) is 43.0 Å². The van der Waals surface area contributed by atoms with Crippen molar-refractivity contribution in [1.82, 2.24) is 25.0 Å². The largest absolute Gasteiger partial charge is 0.444 e. The highest BCUT2D eigenvalue weighted by Crippen LogP contribution is 2.32. The Morgan fingerprint density at radius 1 is 1.12 bits per heavy atom. The van der Waals surface area contributed by atoms with Crippen LogP contribution in [-0.4, -0.2) is 75.7 Å². The molecule has 10 nitrogen and oxygen atoms in total. The molecule has 1 saturated heterocycles. The van der Waals surface area contributed by atoms with E-state index >= 15 is 0 Å². The van der Waals surface area contributed by atoms with Crippen molar-refractivity contribution in [3.05, 3.63) is 59.4 Å². The van der Waals surface area contributed by atoms with Crippen LogP contribution in [-0.2, 0) is 9.47 Å². The Morgan fingerprint density at radius 3 is 2.61 bits per heavy atom. The first-order valence-corrected chi connectivity index (χ1v) is 14.0. The zero-order valence-electron chi connectivity index (χ0n) is 23.5. The number of amides is 2. The van der Waals surface area contributed by atoms with E-state index in [9.17, 15) is 14.0 Å². The van der Waals surface area contributed by atoms with Crippen molar-refractivity contribution in [2.75, 3.05) is 25.5 Å². The first-order chi connectivity index (χ1) is 19.5. The highest BCUT2D eigenvalue weighted by atomic mass is 35.5. The molecule has 1 aliphatic heterocycles. The Morgan fingerprint density at radius 2 is 1.90 bits per heavy atom. The van der Waals surface area contributed by atoms with E-state index in [1.54, 1.807) is 41.5 Å². The molecule has 0 bridgehead atoms. The van der Waals surface area contributed by atoms with E-state index in [1.165, 1.54) is 6.07 Å². The fourth-order valence-corrected chi connectivity index (χ4v) is 4.96. The number of hydrogen-bond donors (Lipinski definition) is 2. The number of pyridine rings is 1. The number of likely N-dealkylation sites (tertiary alicyclic amines) is 1. The van der Waals surface area contributed by atoms with E-state index < -0.39 is 17.3 Å². The predicted octanol–water partition coefficient (Wildman–Crippen LogP) is 5.06. The van der Waals surface area contributed by atoms with Gasteiger partial charge in [0.2, 0.25) is 0 Å². The topological polar surface area (TPSA) is 111 Å². The Hall–Kier alpha value is -3.70. The Labute approximate surface area is 243 Å². The Bertz CT molecular complexity index is 1440. The quantitative estimate of drug-likeness (QED) is 0.399. The summed E-state index contributed by atoms with van der Waals surface area (Å²) in [5, 5.41) is 10.9. The van der Waals surface area contributed by atoms with Gasteiger partial charge in [-0.2, -0.15) is 5.10 Å². The Balaban J connectivity index is 1.29. The van der Waals surface area contributed by atoms with Crippen molar-refractivity contribution < 1.29 is 23.5 Å². The van der Waals surface area contributed by atoms with Gasteiger partial charge >= 0.3 is 6.09 Å². The normalized spacial score (nSPS) is 19.1. The molecule has 3 heterocycles. The minimum Gasteiger partial charge on any atom is -0.444 e. The summed E-state index contributed by atoms with van der Waals surface area (Å²) in [5.74, 6) is -1.12. The first kappa shape index (κ1) is 28.8. The fraction of sp³-hybridized carbons (Fsp3) is 0.448. The monoisotopic (exact) mass is 584 g/mol.